The molecular formula is C27H31ClN6O4S. The first-order valence-corrected chi connectivity index (χ1v) is 14.9. The Morgan fingerprint density at radius 3 is 2.44 bits per heavy atom. The maximum Gasteiger partial charge on any atom is 0.319 e. The molecule has 39 heavy (non-hydrogen) atoms. The molecule has 12 heteroatoms. The number of hydrogen-bond acceptors (Lipinski definition) is 7. The van der Waals surface area contributed by atoms with E-state index in [4.69, 9.17) is 16.3 Å². The van der Waals surface area contributed by atoms with Gasteiger partial charge in [0.1, 0.15) is 5.75 Å². The third kappa shape index (κ3) is 6.60. The fraction of sp³-hybridized carbons (Fsp3) is 0.370. The maximum absolute atomic E-state index is 12.9. The Hall–Kier alpha value is -3.41. The van der Waals surface area contributed by atoms with E-state index in [1.165, 1.54) is 6.26 Å². The van der Waals surface area contributed by atoms with Crippen molar-refractivity contribution in [1.82, 2.24) is 20.0 Å². The molecule has 3 heterocycles. The normalized spacial score (nSPS) is 20.2. The van der Waals surface area contributed by atoms with E-state index < -0.39 is 15.6 Å². The van der Waals surface area contributed by atoms with E-state index >= 15 is 0 Å². The van der Waals surface area contributed by atoms with Gasteiger partial charge in [-0.1, -0.05) is 11.6 Å². The number of nitrogens with one attached hydrogen (secondary N) is 3. The standard InChI is InChI=1S/C27H31ClN6O4S/c1-38-21-8-9-23(29-16-21)22-17-34(14-11-24(22)32-26(35)31-19-5-3-18(28)4-6-19)20-7-10-25(30-15-20)27(12-13-27)33-39(2,36)37/h3-10,15-16,22,24,33H,11-14,17H2,1-2H3,(H2,31,32,35)/t22-,24+/m0/s1. The number of amides is 2. The van der Waals surface area contributed by atoms with Crippen molar-refractivity contribution < 1.29 is 17.9 Å². The molecule has 1 aliphatic carbocycles. The number of carbonyl (C=O) groups is 1. The number of carbonyl (C=O) groups excluding carboxylic acids is 1. The van der Waals surface area contributed by atoms with Crippen molar-refractivity contribution in [3.8, 4) is 5.75 Å². The van der Waals surface area contributed by atoms with Crippen molar-refractivity contribution in [3.63, 3.8) is 0 Å². The summed E-state index contributed by atoms with van der Waals surface area (Å²) in [6.45, 7) is 1.31. The molecule has 5 rings (SSSR count). The Morgan fingerprint density at radius 1 is 1.08 bits per heavy atom. The number of sulfonamides is 1. The predicted molar refractivity (Wildman–Crippen MR) is 151 cm³/mol. The van der Waals surface area contributed by atoms with Crippen LogP contribution < -0.4 is 25.0 Å². The van der Waals surface area contributed by atoms with Crippen LogP contribution in [0.2, 0.25) is 5.02 Å². The minimum atomic E-state index is -3.34. The second kappa shape index (κ2) is 11.0. The third-order valence-corrected chi connectivity index (χ3v) is 8.15. The molecule has 1 saturated carbocycles. The average molecular weight is 571 g/mol. The van der Waals surface area contributed by atoms with Crippen molar-refractivity contribution in [2.75, 3.05) is 36.7 Å². The highest BCUT2D eigenvalue weighted by Gasteiger charge is 2.48. The lowest BCUT2D eigenvalue weighted by molar-refractivity contribution is 0.243. The molecule has 2 fully saturated rings. The van der Waals surface area contributed by atoms with Crippen LogP contribution in [0.1, 0.15) is 36.6 Å². The fourth-order valence-electron chi connectivity index (χ4n) is 5.01. The number of methoxy groups -OCH3 is 1. The number of urea groups is 1. The van der Waals surface area contributed by atoms with E-state index in [2.05, 4.69) is 30.2 Å². The van der Waals surface area contributed by atoms with Gasteiger partial charge in [0.25, 0.3) is 0 Å². The molecule has 1 aliphatic heterocycles. The largest absolute Gasteiger partial charge is 0.495 e. The molecule has 0 unspecified atom stereocenters. The van der Waals surface area contributed by atoms with Crippen LogP contribution in [0.25, 0.3) is 0 Å². The molecule has 2 aliphatic rings. The first-order chi connectivity index (χ1) is 18.6. The number of piperidine rings is 1. The summed E-state index contributed by atoms with van der Waals surface area (Å²) in [7, 11) is -1.75. The quantitative estimate of drug-likeness (QED) is 0.375. The molecule has 1 saturated heterocycles. The zero-order chi connectivity index (χ0) is 27.6. The molecule has 10 nitrogen and oxygen atoms in total. The van der Waals surface area contributed by atoms with Crippen LogP contribution >= 0.6 is 11.6 Å². The number of hydrogen-bond donors (Lipinski definition) is 3. The molecular weight excluding hydrogens is 540 g/mol. The lowest BCUT2D eigenvalue weighted by Crippen LogP contribution is -2.51. The van der Waals surface area contributed by atoms with E-state index in [1.54, 1.807) is 43.8 Å². The van der Waals surface area contributed by atoms with Gasteiger partial charge >= 0.3 is 6.03 Å². The minimum absolute atomic E-state index is 0.0954. The number of nitrogens with zero attached hydrogens (tertiary/aromatic N) is 3. The molecule has 2 amide bonds. The molecule has 0 radical (unpaired) electrons. The van der Waals surface area contributed by atoms with Gasteiger partial charge in [0.15, 0.2) is 0 Å². The molecule has 3 aromatic rings. The number of anilines is 2. The van der Waals surface area contributed by atoms with Crippen LogP contribution in [0.3, 0.4) is 0 Å². The van der Waals surface area contributed by atoms with Gasteiger partial charge in [0.05, 0.1) is 42.7 Å². The van der Waals surface area contributed by atoms with Crippen LogP contribution in [0, 0.1) is 0 Å². The molecule has 2 aromatic heterocycles. The fourth-order valence-corrected chi connectivity index (χ4v) is 6.15. The van der Waals surface area contributed by atoms with E-state index in [0.29, 0.717) is 36.0 Å². The van der Waals surface area contributed by atoms with Crippen LogP contribution in [0.15, 0.2) is 60.9 Å². The molecule has 206 valence electrons. The second-order valence-electron chi connectivity index (χ2n) is 10.0. The highest BCUT2D eigenvalue weighted by Crippen LogP contribution is 2.45. The summed E-state index contributed by atoms with van der Waals surface area (Å²) in [6, 6.07) is 14.2. The first kappa shape index (κ1) is 27.2. The summed E-state index contributed by atoms with van der Waals surface area (Å²) >= 11 is 5.96. The van der Waals surface area contributed by atoms with Crippen LogP contribution in [0.4, 0.5) is 16.2 Å². The maximum atomic E-state index is 12.9. The van der Waals surface area contributed by atoms with Crippen LogP contribution in [0.5, 0.6) is 5.75 Å². The Balaban J connectivity index is 1.32. The topological polar surface area (TPSA) is 126 Å². The van der Waals surface area contributed by atoms with Gasteiger partial charge in [-0.05, 0) is 67.8 Å². The third-order valence-electron chi connectivity index (χ3n) is 7.14. The minimum Gasteiger partial charge on any atom is -0.495 e. The SMILES string of the molecule is COc1ccc([C@@H]2CN(c3ccc(C4(NS(C)(=O)=O)CC4)nc3)CC[C@H]2NC(=O)Nc2ccc(Cl)cc2)nc1. The van der Waals surface area contributed by atoms with Crippen molar-refractivity contribution in [2.24, 2.45) is 0 Å². The Morgan fingerprint density at radius 2 is 1.85 bits per heavy atom. The van der Waals surface area contributed by atoms with Gasteiger partial charge in [-0.25, -0.2) is 17.9 Å². The smallest absolute Gasteiger partial charge is 0.319 e. The van der Waals surface area contributed by atoms with Crippen molar-refractivity contribution in [3.05, 3.63) is 77.3 Å². The summed E-state index contributed by atoms with van der Waals surface area (Å²) in [5, 5.41) is 6.60. The van der Waals surface area contributed by atoms with E-state index in [-0.39, 0.29) is 18.0 Å². The summed E-state index contributed by atoms with van der Waals surface area (Å²) in [5.41, 5.74) is 2.54. The molecule has 0 spiro atoms. The predicted octanol–water partition coefficient (Wildman–Crippen LogP) is 3.86. The highest BCUT2D eigenvalue weighted by molar-refractivity contribution is 7.88. The van der Waals surface area contributed by atoms with Gasteiger partial charge in [0.2, 0.25) is 10.0 Å². The first-order valence-electron chi connectivity index (χ1n) is 12.7. The van der Waals surface area contributed by atoms with Crippen molar-refractivity contribution in [1.29, 1.82) is 0 Å². The molecule has 0 bridgehead atoms. The summed E-state index contributed by atoms with van der Waals surface area (Å²) in [5.74, 6) is 0.565. The van der Waals surface area contributed by atoms with Gasteiger partial charge in [0, 0.05) is 41.5 Å². The van der Waals surface area contributed by atoms with E-state index in [1.807, 2.05) is 24.3 Å². The van der Waals surface area contributed by atoms with E-state index in [0.717, 1.165) is 29.9 Å². The van der Waals surface area contributed by atoms with Crippen LogP contribution in [-0.4, -0.2) is 56.9 Å². The Kier molecular flexibility index (Phi) is 7.66. The molecule has 2 atom stereocenters. The molecule has 3 N–H and O–H groups in total. The summed E-state index contributed by atoms with van der Waals surface area (Å²) in [6.07, 6.45) is 6.79. The molecule has 1 aromatic carbocycles. The zero-order valence-electron chi connectivity index (χ0n) is 21.7. The Bertz CT molecular complexity index is 1410. The number of pyridine rings is 2. The number of ether oxygens (including phenoxy) is 1. The monoisotopic (exact) mass is 570 g/mol. The highest BCUT2D eigenvalue weighted by atomic mass is 35.5. The van der Waals surface area contributed by atoms with Crippen molar-refractivity contribution in [2.45, 2.75) is 36.8 Å². The van der Waals surface area contributed by atoms with E-state index in [9.17, 15) is 13.2 Å². The lowest BCUT2D eigenvalue weighted by atomic mass is 9.88. The summed E-state index contributed by atoms with van der Waals surface area (Å²) < 4.78 is 31.6. The number of rotatable bonds is 8. The lowest BCUT2D eigenvalue weighted by Gasteiger charge is -2.39. The van der Waals surface area contributed by atoms with Gasteiger partial charge in [-0.2, -0.15) is 0 Å². The number of halogens is 1. The second-order valence-corrected chi connectivity index (χ2v) is 12.2. The Labute approximate surface area is 233 Å². The number of benzene rings is 1. The number of aromatic nitrogens is 2. The summed E-state index contributed by atoms with van der Waals surface area (Å²) in [4.78, 5) is 24.3. The van der Waals surface area contributed by atoms with Crippen LogP contribution in [-0.2, 0) is 15.6 Å². The zero-order valence-corrected chi connectivity index (χ0v) is 23.3. The average Bonchev–Trinajstić information content (AvgIpc) is 3.69. The van der Waals surface area contributed by atoms with Crippen molar-refractivity contribution >= 4 is 39.0 Å². The van der Waals surface area contributed by atoms with Gasteiger partial charge < -0.3 is 20.3 Å². The van der Waals surface area contributed by atoms with Gasteiger partial charge in [-0.3, -0.25) is 9.97 Å². The van der Waals surface area contributed by atoms with Gasteiger partial charge in [-0.15, -0.1) is 0 Å².